The lowest BCUT2D eigenvalue weighted by atomic mass is 10.1. The Hall–Kier alpha value is -2.22. The number of rotatable bonds is 7. The summed E-state index contributed by atoms with van der Waals surface area (Å²) in [4.78, 5) is 25.8. The van der Waals surface area contributed by atoms with E-state index in [1.54, 1.807) is 6.07 Å². The summed E-state index contributed by atoms with van der Waals surface area (Å²) in [7, 11) is -3.13. The minimum atomic E-state index is -3.13. The van der Waals surface area contributed by atoms with Gasteiger partial charge in [0.15, 0.2) is 16.4 Å². The van der Waals surface area contributed by atoms with Gasteiger partial charge in [-0.25, -0.2) is 17.6 Å². The molecule has 0 aliphatic carbocycles. The zero-order valence-corrected chi connectivity index (χ0v) is 16.2. The Bertz CT molecular complexity index is 819. The second-order valence-corrected chi connectivity index (χ2v) is 9.19. The Balaban J connectivity index is 1.94. The molecule has 1 aromatic rings. The highest BCUT2D eigenvalue weighted by Gasteiger charge is 2.35. The van der Waals surface area contributed by atoms with Gasteiger partial charge in [-0.05, 0) is 24.5 Å². The monoisotopic (exact) mass is 397 g/mol. The first-order chi connectivity index (χ1) is 12.7. The Labute approximate surface area is 158 Å². The number of sulfone groups is 1. The molecule has 0 radical (unpaired) electrons. The van der Waals surface area contributed by atoms with Crippen LogP contribution in [0, 0.1) is 11.7 Å². The van der Waals surface area contributed by atoms with Crippen LogP contribution in [0.5, 0.6) is 0 Å². The van der Waals surface area contributed by atoms with Crippen LogP contribution in [-0.4, -0.2) is 55.9 Å². The van der Waals surface area contributed by atoms with Crippen LogP contribution in [0.15, 0.2) is 30.3 Å². The molecule has 0 bridgehead atoms. The Morgan fingerprint density at radius 1 is 1.33 bits per heavy atom. The molecule has 1 unspecified atom stereocenters. The van der Waals surface area contributed by atoms with Gasteiger partial charge in [-0.3, -0.25) is 4.79 Å². The van der Waals surface area contributed by atoms with Crippen molar-refractivity contribution in [3.05, 3.63) is 41.7 Å². The molecule has 2 rings (SSSR count). The SMILES string of the molecule is CC(C)CN(C(=O)COC(=O)/C=C/c1ccccc1F)C1CCS(=O)(=O)C1. The van der Waals surface area contributed by atoms with Crippen molar-refractivity contribution in [3.8, 4) is 0 Å². The molecule has 1 fully saturated rings. The maximum atomic E-state index is 13.5. The zero-order chi connectivity index (χ0) is 20.0. The Kier molecular flexibility index (Phi) is 7.12. The van der Waals surface area contributed by atoms with Crippen molar-refractivity contribution in [2.24, 2.45) is 5.92 Å². The van der Waals surface area contributed by atoms with Crippen LogP contribution in [0.25, 0.3) is 6.08 Å². The largest absolute Gasteiger partial charge is 0.452 e. The number of nitrogens with zero attached hydrogens (tertiary/aromatic N) is 1. The molecule has 8 heteroatoms. The molecule has 148 valence electrons. The maximum absolute atomic E-state index is 13.5. The number of hydrogen-bond acceptors (Lipinski definition) is 5. The highest BCUT2D eigenvalue weighted by atomic mass is 32.2. The van der Waals surface area contributed by atoms with E-state index >= 15 is 0 Å². The summed E-state index contributed by atoms with van der Waals surface area (Å²) in [5.74, 6) is -1.53. The van der Waals surface area contributed by atoms with E-state index in [1.165, 1.54) is 29.2 Å². The van der Waals surface area contributed by atoms with Gasteiger partial charge in [-0.1, -0.05) is 32.0 Å². The van der Waals surface area contributed by atoms with Gasteiger partial charge in [0.1, 0.15) is 5.82 Å². The van der Waals surface area contributed by atoms with Crippen LogP contribution in [0.1, 0.15) is 25.8 Å². The molecule has 0 saturated carbocycles. The van der Waals surface area contributed by atoms with Gasteiger partial charge in [0.25, 0.3) is 5.91 Å². The molecule has 0 N–H and O–H groups in total. The molecular weight excluding hydrogens is 373 g/mol. The number of carbonyl (C=O) groups is 2. The van der Waals surface area contributed by atoms with E-state index in [-0.39, 0.29) is 23.0 Å². The number of hydrogen-bond donors (Lipinski definition) is 0. The number of halogens is 1. The Morgan fingerprint density at radius 3 is 2.63 bits per heavy atom. The number of benzene rings is 1. The third kappa shape index (κ3) is 6.46. The number of amides is 1. The molecule has 1 aliphatic heterocycles. The fourth-order valence-corrected chi connectivity index (χ4v) is 4.63. The van der Waals surface area contributed by atoms with Crippen molar-refractivity contribution in [1.29, 1.82) is 0 Å². The van der Waals surface area contributed by atoms with Crippen LogP contribution in [0.3, 0.4) is 0 Å². The molecule has 1 amide bonds. The highest BCUT2D eigenvalue weighted by molar-refractivity contribution is 7.91. The van der Waals surface area contributed by atoms with Gasteiger partial charge in [-0.15, -0.1) is 0 Å². The molecule has 1 heterocycles. The van der Waals surface area contributed by atoms with Gasteiger partial charge in [0.2, 0.25) is 0 Å². The molecule has 6 nitrogen and oxygen atoms in total. The summed E-state index contributed by atoms with van der Waals surface area (Å²) in [6.07, 6.45) is 2.72. The minimum Gasteiger partial charge on any atom is -0.452 e. The van der Waals surface area contributed by atoms with Gasteiger partial charge in [-0.2, -0.15) is 0 Å². The van der Waals surface area contributed by atoms with Crippen LogP contribution in [0.4, 0.5) is 4.39 Å². The normalized spacial score (nSPS) is 18.7. The standard InChI is InChI=1S/C19H24FNO5S/c1-14(2)11-21(16-9-10-27(24,25)13-16)18(22)12-26-19(23)8-7-15-5-3-4-6-17(15)20/h3-8,14,16H,9-13H2,1-2H3/b8-7+. The number of ether oxygens (including phenoxy) is 1. The van der Waals surface area contributed by atoms with Crippen molar-refractivity contribution in [2.45, 2.75) is 26.3 Å². The lowest BCUT2D eigenvalue weighted by Crippen LogP contribution is -2.45. The van der Waals surface area contributed by atoms with Crippen molar-refractivity contribution in [2.75, 3.05) is 24.7 Å². The van der Waals surface area contributed by atoms with Crippen LogP contribution >= 0.6 is 0 Å². The van der Waals surface area contributed by atoms with Crippen LogP contribution in [0.2, 0.25) is 0 Å². The van der Waals surface area contributed by atoms with Gasteiger partial charge >= 0.3 is 5.97 Å². The topological polar surface area (TPSA) is 80.8 Å². The first-order valence-corrected chi connectivity index (χ1v) is 10.6. The predicted molar refractivity (Wildman–Crippen MR) is 100 cm³/mol. The average Bonchev–Trinajstić information content (AvgIpc) is 2.96. The van der Waals surface area contributed by atoms with Crippen molar-refractivity contribution < 1.29 is 27.1 Å². The summed E-state index contributed by atoms with van der Waals surface area (Å²) < 4.78 is 41.9. The van der Waals surface area contributed by atoms with E-state index in [0.29, 0.717) is 13.0 Å². The van der Waals surface area contributed by atoms with Gasteiger partial charge in [0, 0.05) is 24.2 Å². The molecule has 1 atom stereocenters. The van der Waals surface area contributed by atoms with E-state index in [4.69, 9.17) is 4.74 Å². The van der Waals surface area contributed by atoms with Crippen molar-refractivity contribution in [1.82, 2.24) is 4.90 Å². The fourth-order valence-electron chi connectivity index (χ4n) is 2.90. The van der Waals surface area contributed by atoms with E-state index in [2.05, 4.69) is 0 Å². The Morgan fingerprint density at radius 2 is 2.04 bits per heavy atom. The summed E-state index contributed by atoms with van der Waals surface area (Å²) >= 11 is 0. The first kappa shape index (κ1) is 21.1. The second kappa shape index (κ2) is 9.12. The molecule has 1 saturated heterocycles. The first-order valence-electron chi connectivity index (χ1n) is 8.77. The highest BCUT2D eigenvalue weighted by Crippen LogP contribution is 2.19. The van der Waals surface area contributed by atoms with E-state index < -0.39 is 40.2 Å². The molecule has 0 spiro atoms. The summed E-state index contributed by atoms with van der Waals surface area (Å²) in [5.41, 5.74) is 0.235. The van der Waals surface area contributed by atoms with Crippen LogP contribution < -0.4 is 0 Å². The van der Waals surface area contributed by atoms with E-state index in [0.717, 1.165) is 6.08 Å². The average molecular weight is 397 g/mol. The predicted octanol–water partition coefficient (Wildman–Crippen LogP) is 2.05. The number of carbonyl (C=O) groups excluding carboxylic acids is 2. The summed E-state index contributed by atoms with van der Waals surface area (Å²) in [5, 5.41) is 0. The molecule has 1 aromatic carbocycles. The fraction of sp³-hybridized carbons (Fsp3) is 0.474. The summed E-state index contributed by atoms with van der Waals surface area (Å²) in [6.45, 7) is 3.76. The quantitative estimate of drug-likeness (QED) is 0.520. The molecular formula is C19H24FNO5S. The molecule has 27 heavy (non-hydrogen) atoms. The van der Waals surface area contributed by atoms with Crippen LogP contribution in [-0.2, 0) is 24.2 Å². The minimum absolute atomic E-state index is 0.0602. The molecule has 1 aliphatic rings. The van der Waals surface area contributed by atoms with Gasteiger partial charge in [0.05, 0.1) is 11.5 Å². The van der Waals surface area contributed by atoms with Crippen molar-refractivity contribution >= 4 is 27.8 Å². The third-order valence-corrected chi connectivity index (χ3v) is 5.92. The second-order valence-electron chi connectivity index (χ2n) is 6.96. The zero-order valence-electron chi connectivity index (χ0n) is 15.4. The number of esters is 1. The third-order valence-electron chi connectivity index (χ3n) is 4.17. The lowest BCUT2D eigenvalue weighted by Gasteiger charge is -2.29. The smallest absolute Gasteiger partial charge is 0.331 e. The van der Waals surface area contributed by atoms with E-state index in [9.17, 15) is 22.4 Å². The van der Waals surface area contributed by atoms with E-state index in [1.807, 2.05) is 13.8 Å². The maximum Gasteiger partial charge on any atom is 0.331 e. The lowest BCUT2D eigenvalue weighted by molar-refractivity contribution is -0.149. The van der Waals surface area contributed by atoms with Crippen molar-refractivity contribution in [3.63, 3.8) is 0 Å². The van der Waals surface area contributed by atoms with Gasteiger partial charge < -0.3 is 9.64 Å². The molecule has 0 aromatic heterocycles. The summed E-state index contributed by atoms with van der Waals surface area (Å²) in [6, 6.07) is 5.56.